The second kappa shape index (κ2) is 3.75. The van der Waals surface area contributed by atoms with Gasteiger partial charge in [0.15, 0.2) is 5.96 Å². The van der Waals surface area contributed by atoms with Gasteiger partial charge in [0.05, 0.1) is 11.9 Å². The standard InChI is InChI=1S/C7H13N5/c1-3-12-5-6(4-10-12)11-7(8)9-2/h4-5H,3H2,1-2H3,(H3,8,9,11). The van der Waals surface area contributed by atoms with Crippen LogP contribution in [0.25, 0.3) is 0 Å². The first-order valence-corrected chi connectivity index (χ1v) is 3.78. The number of guanidine groups is 1. The SMILES string of the molecule is CCn1cc(NC(N)=NC)cn1. The summed E-state index contributed by atoms with van der Waals surface area (Å²) in [5.74, 6) is 0.394. The number of nitrogens with two attached hydrogens (primary N) is 1. The van der Waals surface area contributed by atoms with E-state index in [0.29, 0.717) is 5.96 Å². The second-order valence-corrected chi connectivity index (χ2v) is 2.32. The van der Waals surface area contributed by atoms with E-state index >= 15 is 0 Å². The quantitative estimate of drug-likeness (QED) is 0.490. The summed E-state index contributed by atoms with van der Waals surface area (Å²) < 4.78 is 1.81. The topological polar surface area (TPSA) is 68.2 Å². The highest BCUT2D eigenvalue weighted by molar-refractivity contribution is 5.91. The van der Waals surface area contributed by atoms with E-state index in [2.05, 4.69) is 15.4 Å². The van der Waals surface area contributed by atoms with E-state index in [0.717, 1.165) is 12.2 Å². The summed E-state index contributed by atoms with van der Waals surface area (Å²) in [6.07, 6.45) is 3.58. The Balaban J connectivity index is 2.64. The van der Waals surface area contributed by atoms with Crippen molar-refractivity contribution in [2.45, 2.75) is 13.5 Å². The van der Waals surface area contributed by atoms with E-state index in [1.54, 1.807) is 13.2 Å². The van der Waals surface area contributed by atoms with Crippen molar-refractivity contribution in [3.05, 3.63) is 12.4 Å². The molecular weight excluding hydrogens is 154 g/mol. The first kappa shape index (κ1) is 8.58. The lowest BCUT2D eigenvalue weighted by Gasteiger charge is -1.98. The van der Waals surface area contributed by atoms with Gasteiger partial charge in [-0.2, -0.15) is 5.10 Å². The van der Waals surface area contributed by atoms with Gasteiger partial charge in [0, 0.05) is 19.8 Å². The van der Waals surface area contributed by atoms with Crippen molar-refractivity contribution in [3.63, 3.8) is 0 Å². The predicted octanol–water partition coefficient (Wildman–Crippen LogP) is 0.259. The smallest absolute Gasteiger partial charge is 0.192 e. The van der Waals surface area contributed by atoms with Crippen LogP contribution in [-0.2, 0) is 6.54 Å². The largest absolute Gasteiger partial charge is 0.370 e. The van der Waals surface area contributed by atoms with E-state index in [9.17, 15) is 0 Å². The van der Waals surface area contributed by atoms with Gasteiger partial charge in [0.1, 0.15) is 0 Å². The van der Waals surface area contributed by atoms with Crippen LogP contribution < -0.4 is 11.1 Å². The molecule has 5 heteroatoms. The molecule has 1 rings (SSSR count). The summed E-state index contributed by atoms with van der Waals surface area (Å²) >= 11 is 0. The number of nitrogens with zero attached hydrogens (tertiary/aromatic N) is 3. The van der Waals surface area contributed by atoms with E-state index in [1.165, 1.54) is 0 Å². The molecule has 1 heterocycles. The fraction of sp³-hybridized carbons (Fsp3) is 0.429. The third kappa shape index (κ3) is 1.98. The van der Waals surface area contributed by atoms with Gasteiger partial charge in [0.25, 0.3) is 0 Å². The van der Waals surface area contributed by atoms with E-state index in [4.69, 9.17) is 5.73 Å². The maximum Gasteiger partial charge on any atom is 0.192 e. The van der Waals surface area contributed by atoms with Crippen molar-refractivity contribution in [2.75, 3.05) is 12.4 Å². The molecule has 0 saturated carbocycles. The summed E-state index contributed by atoms with van der Waals surface area (Å²) in [4.78, 5) is 3.77. The molecule has 1 aromatic heterocycles. The molecule has 0 aromatic carbocycles. The Hall–Kier alpha value is -1.52. The number of aromatic nitrogens is 2. The van der Waals surface area contributed by atoms with Gasteiger partial charge in [-0.05, 0) is 6.92 Å². The molecule has 5 nitrogen and oxygen atoms in total. The molecule has 1 aromatic rings. The average Bonchev–Trinajstić information content (AvgIpc) is 2.52. The molecule has 0 saturated heterocycles. The minimum absolute atomic E-state index is 0.394. The monoisotopic (exact) mass is 167 g/mol. The normalized spacial score (nSPS) is 11.7. The number of nitrogens with one attached hydrogen (secondary N) is 1. The van der Waals surface area contributed by atoms with Crippen LogP contribution in [0.1, 0.15) is 6.92 Å². The van der Waals surface area contributed by atoms with Crippen molar-refractivity contribution in [1.82, 2.24) is 9.78 Å². The van der Waals surface area contributed by atoms with E-state index < -0.39 is 0 Å². The molecule has 0 bridgehead atoms. The fourth-order valence-electron chi connectivity index (χ4n) is 0.805. The molecular formula is C7H13N5. The number of rotatable bonds is 2. The minimum Gasteiger partial charge on any atom is -0.370 e. The Labute approximate surface area is 71.3 Å². The summed E-state index contributed by atoms with van der Waals surface area (Å²) in [5, 5.41) is 6.96. The number of aryl methyl sites for hydroxylation is 1. The third-order valence-corrected chi connectivity index (χ3v) is 1.47. The molecule has 0 unspecified atom stereocenters. The Morgan fingerprint density at radius 2 is 2.58 bits per heavy atom. The number of anilines is 1. The lowest BCUT2D eigenvalue weighted by molar-refractivity contribution is 0.660. The minimum atomic E-state index is 0.394. The van der Waals surface area contributed by atoms with Crippen LogP contribution in [0.4, 0.5) is 5.69 Å². The Morgan fingerprint density at radius 1 is 1.83 bits per heavy atom. The van der Waals surface area contributed by atoms with Crippen molar-refractivity contribution in [2.24, 2.45) is 10.7 Å². The first-order valence-electron chi connectivity index (χ1n) is 3.78. The highest BCUT2D eigenvalue weighted by Crippen LogP contribution is 2.03. The van der Waals surface area contributed by atoms with E-state index in [-0.39, 0.29) is 0 Å². The zero-order chi connectivity index (χ0) is 8.97. The van der Waals surface area contributed by atoms with Crippen LogP contribution >= 0.6 is 0 Å². The average molecular weight is 167 g/mol. The molecule has 0 atom stereocenters. The van der Waals surface area contributed by atoms with Crippen molar-refractivity contribution >= 4 is 11.6 Å². The summed E-state index contributed by atoms with van der Waals surface area (Å²) in [5.41, 5.74) is 6.32. The molecule has 0 aliphatic heterocycles. The summed E-state index contributed by atoms with van der Waals surface area (Å²) in [6, 6.07) is 0. The van der Waals surface area contributed by atoms with Crippen molar-refractivity contribution in [3.8, 4) is 0 Å². The van der Waals surface area contributed by atoms with Gasteiger partial charge in [-0.15, -0.1) is 0 Å². The molecule has 0 spiro atoms. The Bertz CT molecular complexity index is 275. The van der Waals surface area contributed by atoms with Gasteiger partial charge in [-0.25, -0.2) is 0 Å². The number of aliphatic imine (C=N–C) groups is 1. The van der Waals surface area contributed by atoms with Gasteiger partial charge >= 0.3 is 0 Å². The molecule has 3 N–H and O–H groups in total. The lowest BCUT2D eigenvalue weighted by atomic mass is 10.5. The highest BCUT2D eigenvalue weighted by Gasteiger charge is 1.96. The van der Waals surface area contributed by atoms with Crippen LogP contribution in [-0.4, -0.2) is 22.8 Å². The third-order valence-electron chi connectivity index (χ3n) is 1.47. The van der Waals surface area contributed by atoms with Crippen LogP contribution in [0.5, 0.6) is 0 Å². The fourth-order valence-corrected chi connectivity index (χ4v) is 0.805. The molecule has 0 aliphatic rings. The zero-order valence-corrected chi connectivity index (χ0v) is 7.28. The van der Waals surface area contributed by atoms with Gasteiger partial charge in [-0.3, -0.25) is 9.67 Å². The molecule has 0 fully saturated rings. The Kier molecular flexibility index (Phi) is 2.68. The highest BCUT2D eigenvalue weighted by atomic mass is 15.3. The number of hydrogen-bond acceptors (Lipinski definition) is 2. The molecule has 12 heavy (non-hydrogen) atoms. The molecule has 66 valence electrons. The second-order valence-electron chi connectivity index (χ2n) is 2.32. The summed E-state index contributed by atoms with van der Waals surface area (Å²) in [6.45, 7) is 2.87. The maximum absolute atomic E-state index is 5.46. The lowest BCUT2D eigenvalue weighted by Crippen LogP contribution is -2.21. The van der Waals surface area contributed by atoms with Crippen molar-refractivity contribution < 1.29 is 0 Å². The van der Waals surface area contributed by atoms with Gasteiger partial charge in [0.2, 0.25) is 0 Å². The van der Waals surface area contributed by atoms with Crippen molar-refractivity contribution in [1.29, 1.82) is 0 Å². The predicted molar refractivity (Wildman–Crippen MR) is 49.1 cm³/mol. The number of hydrogen-bond donors (Lipinski definition) is 2. The maximum atomic E-state index is 5.46. The summed E-state index contributed by atoms with van der Waals surface area (Å²) in [7, 11) is 1.63. The molecule has 0 radical (unpaired) electrons. The van der Waals surface area contributed by atoms with Crippen LogP contribution in [0, 0.1) is 0 Å². The zero-order valence-electron chi connectivity index (χ0n) is 7.28. The molecule has 0 amide bonds. The van der Waals surface area contributed by atoms with Crippen LogP contribution in [0.2, 0.25) is 0 Å². The first-order chi connectivity index (χ1) is 5.76. The van der Waals surface area contributed by atoms with E-state index in [1.807, 2.05) is 17.8 Å². The Morgan fingerprint density at radius 3 is 3.08 bits per heavy atom. The van der Waals surface area contributed by atoms with Gasteiger partial charge < -0.3 is 11.1 Å². The molecule has 0 aliphatic carbocycles. The van der Waals surface area contributed by atoms with Gasteiger partial charge in [-0.1, -0.05) is 0 Å². The van der Waals surface area contributed by atoms with Crippen LogP contribution in [0.15, 0.2) is 17.4 Å². The van der Waals surface area contributed by atoms with Crippen LogP contribution in [0.3, 0.4) is 0 Å².